The van der Waals surface area contributed by atoms with Crippen LogP contribution in [0.4, 0.5) is 0 Å². The number of nitrogens with one attached hydrogen (secondary N) is 1. The van der Waals surface area contributed by atoms with Crippen LogP contribution >= 0.6 is 0 Å². The van der Waals surface area contributed by atoms with Crippen molar-refractivity contribution in [2.45, 2.75) is 78.0 Å². The van der Waals surface area contributed by atoms with Crippen molar-refractivity contribution < 1.29 is 9.21 Å². The summed E-state index contributed by atoms with van der Waals surface area (Å²) in [6.07, 6.45) is 6.43. The number of aryl methyl sites for hydroxylation is 1. The molecule has 27 heavy (non-hydrogen) atoms. The van der Waals surface area contributed by atoms with Gasteiger partial charge in [-0.25, -0.2) is 0 Å². The van der Waals surface area contributed by atoms with E-state index in [9.17, 15) is 4.79 Å². The molecular weight excluding hydrogens is 336 g/mol. The smallest absolute Gasteiger partial charge is 0.287 e. The fourth-order valence-corrected chi connectivity index (χ4v) is 3.88. The van der Waals surface area contributed by atoms with E-state index in [4.69, 9.17) is 4.42 Å². The molecule has 1 aromatic carbocycles. The molecule has 0 bridgehead atoms. The molecule has 0 atom stereocenters. The molecule has 1 aliphatic carbocycles. The van der Waals surface area contributed by atoms with Crippen molar-refractivity contribution in [2.75, 3.05) is 0 Å². The molecule has 0 aliphatic heterocycles. The molecular formula is C23H32N2O2. The lowest BCUT2D eigenvalue weighted by Gasteiger charge is -2.34. The number of carbonyl (C=O) groups is 1. The van der Waals surface area contributed by atoms with Gasteiger partial charge in [-0.3, -0.25) is 9.69 Å². The normalized spacial score (nSPS) is 15.4. The maximum Gasteiger partial charge on any atom is 0.287 e. The van der Waals surface area contributed by atoms with Crippen LogP contribution in [0, 0.1) is 6.92 Å². The molecule has 146 valence electrons. The summed E-state index contributed by atoms with van der Waals surface area (Å²) in [6, 6.07) is 13.0. The first kappa shape index (κ1) is 19.7. The second kappa shape index (κ2) is 9.23. The molecule has 3 rings (SSSR count). The highest BCUT2D eigenvalue weighted by molar-refractivity contribution is 5.91. The van der Waals surface area contributed by atoms with Crippen molar-refractivity contribution in [1.82, 2.24) is 10.2 Å². The average molecular weight is 369 g/mol. The molecule has 1 aromatic heterocycles. The number of furan rings is 1. The van der Waals surface area contributed by atoms with E-state index in [0.717, 1.165) is 18.8 Å². The Morgan fingerprint density at radius 2 is 1.85 bits per heavy atom. The molecule has 1 N–H and O–H groups in total. The maximum atomic E-state index is 12.2. The van der Waals surface area contributed by atoms with Crippen molar-refractivity contribution in [3.63, 3.8) is 0 Å². The molecule has 1 fully saturated rings. The van der Waals surface area contributed by atoms with Crippen LogP contribution in [-0.4, -0.2) is 22.9 Å². The zero-order chi connectivity index (χ0) is 19.2. The van der Waals surface area contributed by atoms with Crippen LogP contribution in [0.15, 0.2) is 40.8 Å². The van der Waals surface area contributed by atoms with E-state index in [-0.39, 0.29) is 11.9 Å². The van der Waals surface area contributed by atoms with Gasteiger partial charge in [-0.2, -0.15) is 0 Å². The second-order valence-corrected chi connectivity index (χ2v) is 8.02. The Morgan fingerprint density at radius 3 is 2.56 bits per heavy atom. The van der Waals surface area contributed by atoms with E-state index in [2.05, 4.69) is 41.4 Å². The summed E-state index contributed by atoms with van der Waals surface area (Å²) in [5.74, 6) is 1.13. The molecule has 1 saturated carbocycles. The van der Waals surface area contributed by atoms with Crippen LogP contribution < -0.4 is 5.32 Å². The first-order valence-electron chi connectivity index (χ1n) is 10.2. The van der Waals surface area contributed by atoms with Crippen LogP contribution in [0.2, 0.25) is 0 Å². The molecule has 1 amide bonds. The van der Waals surface area contributed by atoms with Crippen LogP contribution in [0.25, 0.3) is 0 Å². The monoisotopic (exact) mass is 368 g/mol. The van der Waals surface area contributed by atoms with Crippen molar-refractivity contribution >= 4 is 5.91 Å². The number of carbonyl (C=O) groups excluding carboxylic acids is 1. The maximum absolute atomic E-state index is 12.2. The topological polar surface area (TPSA) is 45.5 Å². The van der Waals surface area contributed by atoms with Gasteiger partial charge in [0.2, 0.25) is 0 Å². The first-order valence-corrected chi connectivity index (χ1v) is 10.2. The summed E-state index contributed by atoms with van der Waals surface area (Å²) in [7, 11) is 0. The fraction of sp³-hybridized carbons (Fsp3) is 0.522. The third kappa shape index (κ3) is 5.46. The third-order valence-electron chi connectivity index (χ3n) is 5.39. The number of hydrogen-bond donors (Lipinski definition) is 1. The minimum absolute atomic E-state index is 0.103. The van der Waals surface area contributed by atoms with Gasteiger partial charge >= 0.3 is 0 Å². The second-order valence-electron chi connectivity index (χ2n) is 8.02. The van der Waals surface area contributed by atoms with Crippen molar-refractivity contribution in [3.8, 4) is 0 Å². The lowest BCUT2D eigenvalue weighted by molar-refractivity contribution is 0.0905. The summed E-state index contributed by atoms with van der Waals surface area (Å²) in [4.78, 5) is 14.7. The molecule has 4 heteroatoms. The number of nitrogens with zero attached hydrogens (tertiary/aromatic N) is 1. The van der Waals surface area contributed by atoms with Gasteiger partial charge in [0.05, 0.1) is 6.54 Å². The van der Waals surface area contributed by atoms with Gasteiger partial charge in [-0.05, 0) is 56.9 Å². The molecule has 0 radical (unpaired) electrons. The Balaban J connectivity index is 1.74. The van der Waals surface area contributed by atoms with Gasteiger partial charge in [0.25, 0.3) is 5.91 Å². The summed E-state index contributed by atoms with van der Waals surface area (Å²) in [5.41, 5.74) is 2.70. The molecule has 1 heterocycles. The Kier molecular flexibility index (Phi) is 6.73. The molecule has 2 aromatic rings. The molecule has 1 aliphatic rings. The van der Waals surface area contributed by atoms with E-state index in [1.54, 1.807) is 6.07 Å². The van der Waals surface area contributed by atoms with Gasteiger partial charge in [0.1, 0.15) is 5.76 Å². The highest BCUT2D eigenvalue weighted by Gasteiger charge is 2.23. The number of hydrogen-bond acceptors (Lipinski definition) is 3. The SMILES string of the molecule is Cc1ccccc1CN(Cc1ccc(C(=O)NC(C)C)o1)C1CCCCC1. The Bertz CT molecular complexity index is 744. The number of rotatable bonds is 7. The van der Waals surface area contributed by atoms with Gasteiger partial charge in [0, 0.05) is 18.6 Å². The quantitative estimate of drug-likeness (QED) is 0.743. The van der Waals surface area contributed by atoms with Gasteiger partial charge in [0.15, 0.2) is 5.76 Å². The Hall–Kier alpha value is -2.07. The van der Waals surface area contributed by atoms with E-state index < -0.39 is 0 Å². The Morgan fingerprint density at radius 1 is 1.11 bits per heavy atom. The molecule has 0 saturated heterocycles. The lowest BCUT2D eigenvalue weighted by Crippen LogP contribution is -2.36. The number of amides is 1. The van der Waals surface area contributed by atoms with Crippen LogP contribution in [0.5, 0.6) is 0 Å². The third-order valence-corrected chi connectivity index (χ3v) is 5.39. The van der Waals surface area contributed by atoms with Crippen molar-refractivity contribution in [1.29, 1.82) is 0 Å². The zero-order valence-corrected chi connectivity index (χ0v) is 16.8. The van der Waals surface area contributed by atoms with E-state index >= 15 is 0 Å². The molecule has 0 spiro atoms. The van der Waals surface area contributed by atoms with Crippen molar-refractivity contribution in [2.24, 2.45) is 0 Å². The summed E-state index contributed by atoms with van der Waals surface area (Å²) in [6.45, 7) is 7.75. The molecule has 0 unspecified atom stereocenters. The van der Waals surface area contributed by atoms with Gasteiger partial charge < -0.3 is 9.73 Å². The predicted molar refractivity (Wildman–Crippen MR) is 109 cm³/mol. The average Bonchev–Trinajstić information content (AvgIpc) is 3.12. The van der Waals surface area contributed by atoms with Crippen LogP contribution in [0.1, 0.15) is 73.4 Å². The Labute approximate surface area is 162 Å². The van der Waals surface area contributed by atoms with E-state index in [1.165, 1.54) is 43.2 Å². The van der Waals surface area contributed by atoms with E-state index in [0.29, 0.717) is 11.8 Å². The summed E-state index contributed by atoms with van der Waals surface area (Å²) < 4.78 is 5.88. The van der Waals surface area contributed by atoms with Crippen LogP contribution in [-0.2, 0) is 13.1 Å². The lowest BCUT2D eigenvalue weighted by atomic mass is 9.93. The first-order chi connectivity index (χ1) is 13.0. The van der Waals surface area contributed by atoms with E-state index in [1.807, 2.05) is 19.9 Å². The predicted octanol–water partition coefficient (Wildman–Crippen LogP) is 5.06. The highest BCUT2D eigenvalue weighted by Crippen LogP contribution is 2.26. The number of benzene rings is 1. The summed E-state index contributed by atoms with van der Waals surface area (Å²) >= 11 is 0. The van der Waals surface area contributed by atoms with Crippen LogP contribution in [0.3, 0.4) is 0 Å². The highest BCUT2D eigenvalue weighted by atomic mass is 16.4. The van der Waals surface area contributed by atoms with Gasteiger partial charge in [-0.1, -0.05) is 43.5 Å². The van der Waals surface area contributed by atoms with Crippen molar-refractivity contribution in [3.05, 3.63) is 59.0 Å². The largest absolute Gasteiger partial charge is 0.455 e. The molecule has 4 nitrogen and oxygen atoms in total. The standard InChI is InChI=1S/C23H32N2O2/c1-17(2)24-23(26)22-14-13-21(27-22)16-25(20-11-5-4-6-12-20)15-19-10-8-7-9-18(19)3/h7-10,13-14,17,20H,4-6,11-12,15-16H2,1-3H3,(H,24,26). The van der Waals surface area contributed by atoms with Gasteiger partial charge in [-0.15, -0.1) is 0 Å². The minimum Gasteiger partial charge on any atom is -0.455 e. The fourth-order valence-electron chi connectivity index (χ4n) is 3.88. The zero-order valence-electron chi connectivity index (χ0n) is 16.8. The minimum atomic E-state index is -0.139. The summed E-state index contributed by atoms with van der Waals surface area (Å²) in [5, 5.41) is 2.89.